The van der Waals surface area contributed by atoms with E-state index in [1.54, 1.807) is 6.92 Å². The van der Waals surface area contributed by atoms with Crippen molar-refractivity contribution >= 4 is 23.7 Å². The Morgan fingerprint density at radius 1 is 1.50 bits per heavy atom. The van der Waals surface area contributed by atoms with Crippen molar-refractivity contribution in [3.8, 4) is 0 Å². The molecule has 1 aliphatic rings. The Kier molecular flexibility index (Phi) is 5.62. The van der Waals surface area contributed by atoms with Crippen LogP contribution < -0.4 is 16.4 Å². The van der Waals surface area contributed by atoms with E-state index in [1.165, 1.54) is 25.0 Å². The van der Waals surface area contributed by atoms with E-state index in [-0.39, 0.29) is 11.9 Å². The molecule has 0 aromatic carbocycles. The van der Waals surface area contributed by atoms with Crippen LogP contribution >= 0.6 is 11.8 Å². The summed E-state index contributed by atoms with van der Waals surface area (Å²) in [5, 5.41) is 5.76. The van der Waals surface area contributed by atoms with Gasteiger partial charge in [-0.15, -0.1) is 0 Å². The highest BCUT2D eigenvalue weighted by Crippen LogP contribution is 2.24. The van der Waals surface area contributed by atoms with Crippen LogP contribution in [-0.4, -0.2) is 35.5 Å². The highest BCUT2D eigenvalue weighted by atomic mass is 32.2. The quantitative estimate of drug-likeness (QED) is 0.671. The molecular formula is C10H19N3O2S. The van der Waals surface area contributed by atoms with Gasteiger partial charge in [-0.25, -0.2) is 4.79 Å². The third-order valence-corrected chi connectivity index (χ3v) is 3.96. The summed E-state index contributed by atoms with van der Waals surface area (Å²) in [6.07, 6.45) is 3.75. The molecule has 0 saturated carbocycles. The van der Waals surface area contributed by atoms with E-state index in [4.69, 9.17) is 5.73 Å². The van der Waals surface area contributed by atoms with Gasteiger partial charge in [-0.3, -0.25) is 10.1 Å². The van der Waals surface area contributed by atoms with Crippen LogP contribution in [0.25, 0.3) is 0 Å². The average Bonchev–Trinajstić information content (AvgIpc) is 2.26. The first-order chi connectivity index (χ1) is 7.59. The molecule has 3 amide bonds. The number of carbonyl (C=O) groups is 2. The number of carbonyl (C=O) groups excluding carboxylic acids is 2. The van der Waals surface area contributed by atoms with Crippen LogP contribution in [-0.2, 0) is 4.79 Å². The summed E-state index contributed by atoms with van der Waals surface area (Å²) < 4.78 is 0. The number of imide groups is 1. The largest absolute Gasteiger partial charge is 0.351 e. The first-order valence-electron chi connectivity index (χ1n) is 5.55. The lowest BCUT2D eigenvalue weighted by molar-refractivity contribution is -0.121. The minimum absolute atomic E-state index is 0.367. The third-order valence-electron chi connectivity index (χ3n) is 2.57. The third kappa shape index (κ3) is 4.85. The van der Waals surface area contributed by atoms with Gasteiger partial charge in [0.15, 0.2) is 0 Å². The second kappa shape index (κ2) is 6.75. The second-order valence-electron chi connectivity index (χ2n) is 3.97. The molecule has 2 unspecified atom stereocenters. The monoisotopic (exact) mass is 245 g/mol. The lowest BCUT2D eigenvalue weighted by atomic mass is 10.2. The molecule has 0 aromatic heterocycles. The zero-order valence-electron chi connectivity index (χ0n) is 9.49. The summed E-state index contributed by atoms with van der Waals surface area (Å²) >= 11 is 1.94. The van der Waals surface area contributed by atoms with Crippen molar-refractivity contribution in [1.29, 1.82) is 0 Å². The van der Waals surface area contributed by atoms with Gasteiger partial charge in [0.2, 0.25) is 5.91 Å². The number of nitrogens with two attached hydrogens (primary N) is 1. The highest BCUT2D eigenvalue weighted by molar-refractivity contribution is 7.99. The maximum atomic E-state index is 11.3. The molecule has 6 heteroatoms. The van der Waals surface area contributed by atoms with Crippen molar-refractivity contribution in [2.24, 2.45) is 5.73 Å². The van der Waals surface area contributed by atoms with Crippen LogP contribution in [0, 0.1) is 0 Å². The van der Waals surface area contributed by atoms with E-state index in [1.807, 2.05) is 11.8 Å². The molecule has 16 heavy (non-hydrogen) atoms. The first-order valence-corrected chi connectivity index (χ1v) is 6.59. The minimum Gasteiger partial charge on any atom is -0.351 e. The van der Waals surface area contributed by atoms with Crippen molar-refractivity contribution < 1.29 is 9.59 Å². The fraction of sp³-hybridized carbons (Fsp3) is 0.800. The van der Waals surface area contributed by atoms with Crippen LogP contribution in [0.2, 0.25) is 0 Å². The molecule has 1 rings (SSSR count). The zero-order chi connectivity index (χ0) is 12.0. The molecule has 1 heterocycles. The Hall–Kier alpha value is -0.750. The van der Waals surface area contributed by atoms with Gasteiger partial charge < -0.3 is 11.1 Å². The van der Waals surface area contributed by atoms with E-state index in [9.17, 15) is 9.59 Å². The van der Waals surface area contributed by atoms with Gasteiger partial charge in [0.25, 0.3) is 0 Å². The molecule has 1 saturated heterocycles. The van der Waals surface area contributed by atoms with Gasteiger partial charge in [0.05, 0.1) is 6.04 Å². The van der Waals surface area contributed by atoms with Gasteiger partial charge in [-0.2, -0.15) is 11.8 Å². The number of nitrogens with one attached hydrogen (secondary N) is 2. The van der Waals surface area contributed by atoms with E-state index in [0.29, 0.717) is 5.25 Å². The Bertz CT molecular complexity index is 254. The fourth-order valence-corrected chi connectivity index (χ4v) is 2.85. The Morgan fingerprint density at radius 2 is 2.25 bits per heavy atom. The van der Waals surface area contributed by atoms with Crippen LogP contribution in [0.4, 0.5) is 4.79 Å². The fourth-order valence-electron chi connectivity index (χ4n) is 1.60. The summed E-state index contributed by atoms with van der Waals surface area (Å²) in [6, 6.07) is -1.18. The predicted molar refractivity (Wildman–Crippen MR) is 65.3 cm³/mol. The smallest absolute Gasteiger partial charge is 0.318 e. The average molecular weight is 245 g/mol. The van der Waals surface area contributed by atoms with E-state index in [2.05, 4.69) is 10.6 Å². The van der Waals surface area contributed by atoms with Crippen molar-refractivity contribution in [2.45, 2.75) is 37.5 Å². The second-order valence-corrected chi connectivity index (χ2v) is 5.38. The van der Waals surface area contributed by atoms with Crippen LogP contribution in [0.5, 0.6) is 0 Å². The van der Waals surface area contributed by atoms with Crippen molar-refractivity contribution in [2.75, 3.05) is 12.3 Å². The normalized spacial score (nSPS) is 22.4. The maximum absolute atomic E-state index is 11.3. The number of hydrogen-bond donors (Lipinski definition) is 3. The van der Waals surface area contributed by atoms with Crippen molar-refractivity contribution in [3.05, 3.63) is 0 Å². The summed E-state index contributed by atoms with van der Waals surface area (Å²) in [5.41, 5.74) is 4.87. The predicted octanol–water partition coefficient (Wildman–Crippen LogP) is 0.445. The molecule has 0 spiro atoms. The molecule has 2 atom stereocenters. The molecule has 92 valence electrons. The number of primary amides is 1. The number of rotatable bonds is 4. The van der Waals surface area contributed by atoms with Gasteiger partial charge in [0, 0.05) is 11.8 Å². The minimum atomic E-state index is -0.800. The lowest BCUT2D eigenvalue weighted by Gasteiger charge is -2.23. The Morgan fingerprint density at radius 3 is 2.81 bits per heavy atom. The summed E-state index contributed by atoms with van der Waals surface area (Å²) in [4.78, 5) is 21.8. The molecule has 0 radical (unpaired) electrons. The Labute approximate surface area is 99.9 Å². The summed E-state index contributed by atoms with van der Waals surface area (Å²) in [6.45, 7) is 2.53. The lowest BCUT2D eigenvalue weighted by Crippen LogP contribution is -2.47. The molecule has 5 nitrogen and oxygen atoms in total. The molecule has 0 aliphatic carbocycles. The van der Waals surface area contributed by atoms with E-state index in [0.717, 1.165) is 6.54 Å². The molecular weight excluding hydrogens is 226 g/mol. The van der Waals surface area contributed by atoms with Crippen LogP contribution in [0.3, 0.4) is 0 Å². The molecule has 0 aromatic rings. The summed E-state index contributed by atoms with van der Waals surface area (Å²) in [5.74, 6) is 0.835. The molecule has 0 bridgehead atoms. The molecule has 1 fully saturated rings. The first kappa shape index (κ1) is 13.3. The van der Waals surface area contributed by atoms with Crippen LogP contribution in [0.1, 0.15) is 26.2 Å². The van der Waals surface area contributed by atoms with Gasteiger partial charge in [-0.1, -0.05) is 6.42 Å². The SMILES string of the molecule is CC(NCC1CCCCS1)C(=O)NC(N)=O. The van der Waals surface area contributed by atoms with Gasteiger partial charge in [0.1, 0.15) is 0 Å². The number of amides is 3. The molecule has 1 aliphatic heterocycles. The van der Waals surface area contributed by atoms with Gasteiger partial charge in [-0.05, 0) is 25.5 Å². The van der Waals surface area contributed by atoms with Crippen molar-refractivity contribution in [1.82, 2.24) is 10.6 Å². The highest BCUT2D eigenvalue weighted by Gasteiger charge is 2.18. The van der Waals surface area contributed by atoms with E-state index < -0.39 is 6.03 Å². The van der Waals surface area contributed by atoms with Gasteiger partial charge >= 0.3 is 6.03 Å². The van der Waals surface area contributed by atoms with Crippen LogP contribution in [0.15, 0.2) is 0 Å². The zero-order valence-corrected chi connectivity index (χ0v) is 10.3. The van der Waals surface area contributed by atoms with E-state index >= 15 is 0 Å². The summed E-state index contributed by atoms with van der Waals surface area (Å²) in [7, 11) is 0. The number of urea groups is 1. The number of thioether (sulfide) groups is 1. The molecule has 4 N–H and O–H groups in total. The number of hydrogen-bond acceptors (Lipinski definition) is 4. The Balaban J connectivity index is 2.20. The standard InChI is InChI=1S/C10H19N3O2S/c1-7(9(14)13-10(11)15)12-6-8-4-2-3-5-16-8/h7-8,12H,2-6H2,1H3,(H3,11,13,14,15). The topological polar surface area (TPSA) is 84.2 Å². The van der Waals surface area contributed by atoms with Crippen molar-refractivity contribution in [3.63, 3.8) is 0 Å². The maximum Gasteiger partial charge on any atom is 0.318 e.